The molecule has 0 N–H and O–H groups in total. The Labute approximate surface area is 217 Å². The van der Waals surface area contributed by atoms with Gasteiger partial charge in [0, 0.05) is 46.3 Å². The van der Waals surface area contributed by atoms with Crippen LogP contribution < -0.4 is 0 Å². The lowest BCUT2D eigenvalue weighted by atomic mass is 9.96. The fraction of sp³-hybridized carbons (Fsp3) is 0. The second-order valence-electron chi connectivity index (χ2n) is 8.60. The average Bonchev–Trinajstić information content (AvgIpc) is 3.01. The van der Waals surface area contributed by atoms with Crippen LogP contribution in [0.5, 0.6) is 0 Å². The zero-order valence-electron chi connectivity index (χ0n) is 20.0. The van der Waals surface area contributed by atoms with Gasteiger partial charge in [0.2, 0.25) is 0 Å². The minimum Gasteiger partial charge on any atom is -0.255 e. The highest BCUT2D eigenvalue weighted by Gasteiger charge is 2.20. The summed E-state index contributed by atoms with van der Waals surface area (Å²) in [5.74, 6) is 0. The Morgan fingerprint density at radius 3 is 0.789 bits per heavy atom. The van der Waals surface area contributed by atoms with Crippen LogP contribution >= 0.6 is 0 Å². The van der Waals surface area contributed by atoms with Crippen molar-refractivity contribution in [1.82, 2.24) is 40.3 Å². The quantitative estimate of drug-likeness (QED) is 0.284. The molecule has 8 nitrogen and oxygen atoms in total. The van der Waals surface area contributed by atoms with Gasteiger partial charge in [-0.25, -0.2) is 0 Å². The summed E-state index contributed by atoms with van der Waals surface area (Å²) in [6, 6.07) is 27.2. The van der Waals surface area contributed by atoms with Crippen molar-refractivity contribution in [2.75, 3.05) is 0 Å². The van der Waals surface area contributed by atoms with Crippen LogP contribution in [0.3, 0.4) is 0 Å². The Morgan fingerprint density at radius 1 is 0.316 bits per heavy atom. The highest BCUT2D eigenvalue weighted by Crippen LogP contribution is 2.38. The first-order valence-electron chi connectivity index (χ1n) is 12.0. The van der Waals surface area contributed by atoms with Gasteiger partial charge in [0.05, 0.1) is 22.8 Å². The van der Waals surface area contributed by atoms with Crippen LogP contribution in [0.1, 0.15) is 0 Å². The van der Waals surface area contributed by atoms with E-state index in [1.807, 2.05) is 72.8 Å². The van der Waals surface area contributed by atoms with Gasteiger partial charge in [-0.1, -0.05) is 24.3 Å². The van der Waals surface area contributed by atoms with E-state index in [9.17, 15) is 0 Å². The smallest absolute Gasteiger partial charge is 0.119 e. The lowest BCUT2D eigenvalue weighted by Gasteiger charge is -2.14. The first kappa shape index (κ1) is 21.8. The van der Waals surface area contributed by atoms with Gasteiger partial charge in [-0.2, -0.15) is 0 Å². The van der Waals surface area contributed by atoms with Gasteiger partial charge in [0.25, 0.3) is 0 Å². The van der Waals surface area contributed by atoms with Crippen molar-refractivity contribution in [2.24, 2.45) is 0 Å². The first-order valence-corrected chi connectivity index (χ1v) is 12.0. The van der Waals surface area contributed by atoms with Crippen LogP contribution in [-0.2, 0) is 0 Å². The lowest BCUT2D eigenvalue weighted by Crippen LogP contribution is -2.00. The van der Waals surface area contributed by atoms with Crippen LogP contribution in [-0.4, -0.2) is 40.3 Å². The normalized spacial score (nSPS) is 11.2. The maximum Gasteiger partial charge on any atom is 0.119 e. The number of rotatable bonds is 4. The molecule has 178 valence electrons. The van der Waals surface area contributed by atoms with E-state index in [1.54, 1.807) is 24.8 Å². The van der Waals surface area contributed by atoms with E-state index in [1.165, 1.54) is 0 Å². The number of fused-ring (bicyclic) bond motifs is 2. The fourth-order valence-corrected chi connectivity index (χ4v) is 4.57. The zero-order chi connectivity index (χ0) is 25.3. The molecule has 6 aromatic heterocycles. The molecule has 6 heterocycles. The van der Waals surface area contributed by atoms with Crippen molar-refractivity contribution >= 4 is 21.5 Å². The third kappa shape index (κ3) is 3.72. The monoisotopic (exact) mass is 490 g/mol. The number of nitrogens with zero attached hydrogens (tertiary/aromatic N) is 8. The Kier molecular flexibility index (Phi) is 5.26. The maximum absolute atomic E-state index is 4.63. The van der Waals surface area contributed by atoms with Gasteiger partial charge in [-0.05, 0) is 60.7 Å². The first-order chi connectivity index (χ1) is 18.9. The molecule has 7 rings (SSSR count). The minimum absolute atomic E-state index is 0.672. The Morgan fingerprint density at radius 2 is 0.579 bits per heavy atom. The summed E-state index contributed by atoms with van der Waals surface area (Å²) < 4.78 is 0. The Hall–Kier alpha value is -5.50. The van der Waals surface area contributed by atoms with Gasteiger partial charge < -0.3 is 0 Å². The van der Waals surface area contributed by atoms with Gasteiger partial charge in [0.1, 0.15) is 22.8 Å². The summed E-state index contributed by atoms with van der Waals surface area (Å²) in [6.07, 6.45) is 7.00. The van der Waals surface area contributed by atoms with E-state index in [0.29, 0.717) is 22.8 Å². The average molecular weight is 491 g/mol. The van der Waals surface area contributed by atoms with Crippen molar-refractivity contribution in [1.29, 1.82) is 0 Å². The molecule has 0 amide bonds. The SMILES string of the molecule is c1ccc(-c2nnc(-c3ccccn3)c3cc4c(-c5ccccn5)nnc(-c5ccccn5)c4cc23)nc1. The molecular weight excluding hydrogens is 472 g/mol. The predicted molar refractivity (Wildman–Crippen MR) is 146 cm³/mol. The molecule has 0 atom stereocenters. The molecule has 0 fully saturated rings. The molecule has 0 unspecified atom stereocenters. The molecule has 0 aliphatic carbocycles. The van der Waals surface area contributed by atoms with E-state index in [4.69, 9.17) is 0 Å². The second-order valence-corrected chi connectivity index (χ2v) is 8.60. The van der Waals surface area contributed by atoms with Crippen LogP contribution in [0.2, 0.25) is 0 Å². The summed E-state index contributed by atoms with van der Waals surface area (Å²) in [4.78, 5) is 18.2. The van der Waals surface area contributed by atoms with E-state index in [-0.39, 0.29) is 0 Å². The summed E-state index contributed by atoms with van der Waals surface area (Å²) in [5.41, 5.74) is 5.59. The molecular formula is C30H18N8. The molecule has 0 aliphatic heterocycles. The standard InChI is InChI=1S/C30H18N8/c1-5-13-31-23(9-1)27-19-17-21-22(18-20(19)28(36-35-27)24-10-2-6-14-32-24)30(26-12-4-8-16-34-26)38-37-29(21)25-11-3-7-15-33-25/h1-18H. The van der Waals surface area contributed by atoms with Crippen molar-refractivity contribution in [3.63, 3.8) is 0 Å². The molecule has 38 heavy (non-hydrogen) atoms. The van der Waals surface area contributed by atoms with Crippen molar-refractivity contribution < 1.29 is 0 Å². The highest BCUT2D eigenvalue weighted by molar-refractivity contribution is 6.13. The zero-order valence-corrected chi connectivity index (χ0v) is 20.0. The van der Waals surface area contributed by atoms with Crippen LogP contribution in [0.15, 0.2) is 110 Å². The molecule has 0 saturated carbocycles. The van der Waals surface area contributed by atoms with Crippen molar-refractivity contribution in [3.8, 4) is 45.6 Å². The Balaban J connectivity index is 1.64. The number of aromatic nitrogens is 8. The third-order valence-electron chi connectivity index (χ3n) is 6.31. The predicted octanol–water partition coefficient (Wildman–Crippen LogP) is 5.82. The van der Waals surface area contributed by atoms with Crippen molar-refractivity contribution in [3.05, 3.63) is 110 Å². The highest BCUT2D eigenvalue weighted by atomic mass is 15.1. The minimum atomic E-state index is 0.672. The maximum atomic E-state index is 4.63. The van der Waals surface area contributed by atoms with Gasteiger partial charge in [0.15, 0.2) is 0 Å². The molecule has 0 spiro atoms. The van der Waals surface area contributed by atoms with E-state index in [0.717, 1.165) is 44.3 Å². The number of hydrogen-bond donors (Lipinski definition) is 0. The molecule has 0 bridgehead atoms. The van der Waals surface area contributed by atoms with Crippen LogP contribution in [0, 0.1) is 0 Å². The van der Waals surface area contributed by atoms with Crippen LogP contribution in [0.25, 0.3) is 67.1 Å². The number of hydrogen-bond acceptors (Lipinski definition) is 8. The topological polar surface area (TPSA) is 103 Å². The molecule has 0 radical (unpaired) electrons. The van der Waals surface area contributed by atoms with E-state index >= 15 is 0 Å². The van der Waals surface area contributed by atoms with Gasteiger partial charge in [-0.3, -0.25) is 19.9 Å². The van der Waals surface area contributed by atoms with Gasteiger partial charge >= 0.3 is 0 Å². The second kappa shape index (κ2) is 9.18. The lowest BCUT2D eigenvalue weighted by molar-refractivity contribution is 1.04. The summed E-state index contributed by atoms with van der Waals surface area (Å²) in [7, 11) is 0. The molecule has 1 aromatic carbocycles. The molecule has 0 saturated heterocycles. The van der Waals surface area contributed by atoms with Crippen LogP contribution in [0.4, 0.5) is 0 Å². The summed E-state index contributed by atoms with van der Waals surface area (Å²) >= 11 is 0. The van der Waals surface area contributed by atoms with Gasteiger partial charge in [-0.15, -0.1) is 20.4 Å². The third-order valence-corrected chi connectivity index (χ3v) is 6.31. The fourth-order valence-electron chi connectivity index (χ4n) is 4.57. The van der Waals surface area contributed by atoms with E-state index in [2.05, 4.69) is 52.5 Å². The molecule has 0 aliphatic rings. The summed E-state index contributed by atoms with van der Waals surface area (Å²) in [5, 5.41) is 22.0. The number of pyridine rings is 4. The Bertz CT molecular complexity index is 1620. The summed E-state index contributed by atoms with van der Waals surface area (Å²) in [6.45, 7) is 0. The molecule has 8 heteroatoms. The van der Waals surface area contributed by atoms with E-state index < -0.39 is 0 Å². The largest absolute Gasteiger partial charge is 0.255 e. The molecule has 7 aromatic rings. The van der Waals surface area contributed by atoms with Crippen molar-refractivity contribution in [2.45, 2.75) is 0 Å². The number of benzene rings is 1.